The second-order valence-electron chi connectivity index (χ2n) is 5.99. The van der Waals surface area contributed by atoms with Crippen LogP contribution in [-0.2, 0) is 0 Å². The number of hydrogen-bond acceptors (Lipinski definition) is 2. The highest BCUT2D eigenvalue weighted by atomic mass is 15.2. The zero-order chi connectivity index (χ0) is 10.3. The smallest absolute Gasteiger partial charge is 0.0207 e. The van der Waals surface area contributed by atoms with Crippen molar-refractivity contribution in [2.75, 3.05) is 26.7 Å². The number of likely N-dealkylation sites (tertiary alicyclic amines) is 1. The lowest BCUT2D eigenvalue weighted by Crippen LogP contribution is -2.36. The van der Waals surface area contributed by atoms with Crippen molar-refractivity contribution in [3.05, 3.63) is 0 Å². The van der Waals surface area contributed by atoms with E-state index in [0.29, 0.717) is 0 Å². The van der Waals surface area contributed by atoms with Gasteiger partial charge < -0.3 is 10.2 Å². The fourth-order valence-electron chi connectivity index (χ4n) is 3.17. The first-order valence-corrected chi connectivity index (χ1v) is 6.75. The van der Waals surface area contributed by atoms with Crippen LogP contribution in [0.5, 0.6) is 0 Å². The number of hydrogen-bond donors (Lipinski definition) is 1. The molecule has 2 saturated carbocycles. The topological polar surface area (TPSA) is 15.3 Å². The highest BCUT2D eigenvalue weighted by Crippen LogP contribution is 2.48. The molecule has 0 aromatic carbocycles. The lowest BCUT2D eigenvalue weighted by Gasteiger charge is -2.19. The van der Waals surface area contributed by atoms with Gasteiger partial charge in [0.1, 0.15) is 0 Å². The second kappa shape index (κ2) is 4.06. The van der Waals surface area contributed by atoms with Crippen molar-refractivity contribution in [1.82, 2.24) is 10.2 Å². The minimum Gasteiger partial charge on any atom is -0.312 e. The Labute approximate surface area is 93.4 Å². The van der Waals surface area contributed by atoms with Crippen LogP contribution < -0.4 is 5.32 Å². The molecule has 2 heteroatoms. The van der Waals surface area contributed by atoms with Gasteiger partial charge in [-0.25, -0.2) is 0 Å². The lowest BCUT2D eigenvalue weighted by molar-refractivity contribution is 0.345. The largest absolute Gasteiger partial charge is 0.312 e. The predicted molar refractivity (Wildman–Crippen MR) is 62.8 cm³/mol. The molecule has 1 aliphatic heterocycles. The molecule has 15 heavy (non-hydrogen) atoms. The van der Waals surface area contributed by atoms with Gasteiger partial charge in [-0.1, -0.05) is 0 Å². The van der Waals surface area contributed by atoms with Crippen LogP contribution >= 0.6 is 0 Å². The molecule has 1 saturated heterocycles. The summed E-state index contributed by atoms with van der Waals surface area (Å²) in [6.07, 6.45) is 7.44. The molecular weight excluding hydrogens is 184 g/mol. The Morgan fingerprint density at radius 1 is 1.13 bits per heavy atom. The van der Waals surface area contributed by atoms with E-state index in [1.54, 1.807) is 0 Å². The summed E-state index contributed by atoms with van der Waals surface area (Å²) in [6, 6.07) is 0.787. The molecule has 0 spiro atoms. The maximum atomic E-state index is 3.81. The Kier molecular flexibility index (Phi) is 2.73. The molecule has 3 aliphatic rings. The van der Waals surface area contributed by atoms with E-state index in [1.165, 1.54) is 51.7 Å². The van der Waals surface area contributed by atoms with Crippen LogP contribution in [0, 0.1) is 17.8 Å². The van der Waals surface area contributed by atoms with Gasteiger partial charge in [-0.2, -0.15) is 0 Å². The summed E-state index contributed by atoms with van der Waals surface area (Å²) >= 11 is 0. The summed E-state index contributed by atoms with van der Waals surface area (Å²) in [5.41, 5.74) is 0. The molecule has 1 unspecified atom stereocenters. The van der Waals surface area contributed by atoms with Crippen molar-refractivity contribution in [3.8, 4) is 0 Å². The Balaban J connectivity index is 1.43. The van der Waals surface area contributed by atoms with Gasteiger partial charge in [0.05, 0.1) is 0 Å². The molecule has 1 atom stereocenters. The van der Waals surface area contributed by atoms with Crippen LogP contribution in [0.4, 0.5) is 0 Å². The van der Waals surface area contributed by atoms with Crippen LogP contribution in [-0.4, -0.2) is 37.6 Å². The van der Waals surface area contributed by atoms with E-state index in [9.17, 15) is 0 Å². The van der Waals surface area contributed by atoms with Gasteiger partial charge in [-0.05, 0) is 70.0 Å². The maximum Gasteiger partial charge on any atom is 0.0207 e. The minimum atomic E-state index is 0.787. The predicted octanol–water partition coefficient (Wildman–Crippen LogP) is 1.72. The second-order valence-corrected chi connectivity index (χ2v) is 5.99. The molecule has 86 valence electrons. The quantitative estimate of drug-likeness (QED) is 0.740. The summed E-state index contributed by atoms with van der Waals surface area (Å²) in [5.74, 6) is 3.24. The standard InChI is InChI=1S/C13H24N2/c1-15-7-6-12(9-15)14-8-13(10-2-3-10)11-4-5-11/h10-14H,2-9H2,1H3. The maximum absolute atomic E-state index is 3.81. The molecule has 0 bridgehead atoms. The van der Waals surface area contributed by atoms with Crippen molar-refractivity contribution in [1.29, 1.82) is 0 Å². The highest BCUT2D eigenvalue weighted by molar-refractivity contribution is 4.93. The van der Waals surface area contributed by atoms with Gasteiger partial charge in [0, 0.05) is 12.6 Å². The first kappa shape index (κ1) is 10.1. The van der Waals surface area contributed by atoms with E-state index in [0.717, 1.165) is 23.8 Å². The molecule has 3 rings (SSSR count). The number of nitrogens with one attached hydrogen (secondary N) is 1. The Morgan fingerprint density at radius 3 is 2.27 bits per heavy atom. The van der Waals surface area contributed by atoms with E-state index in [4.69, 9.17) is 0 Å². The zero-order valence-corrected chi connectivity index (χ0v) is 9.91. The molecule has 0 aromatic heterocycles. The molecule has 2 nitrogen and oxygen atoms in total. The first-order valence-electron chi connectivity index (χ1n) is 6.75. The van der Waals surface area contributed by atoms with Crippen molar-refractivity contribution in [2.45, 2.75) is 38.1 Å². The molecule has 2 aliphatic carbocycles. The summed E-state index contributed by atoms with van der Waals surface area (Å²) in [7, 11) is 2.24. The molecular formula is C13H24N2. The summed E-state index contributed by atoms with van der Waals surface area (Å²) in [6.45, 7) is 3.87. The average molecular weight is 208 g/mol. The third-order valence-electron chi connectivity index (χ3n) is 4.49. The molecule has 0 aromatic rings. The Hall–Kier alpha value is -0.0800. The van der Waals surface area contributed by atoms with E-state index in [2.05, 4.69) is 17.3 Å². The molecule has 0 radical (unpaired) electrons. The van der Waals surface area contributed by atoms with Gasteiger partial charge in [0.15, 0.2) is 0 Å². The molecule has 1 N–H and O–H groups in total. The monoisotopic (exact) mass is 208 g/mol. The van der Waals surface area contributed by atoms with Crippen molar-refractivity contribution in [2.24, 2.45) is 17.8 Å². The van der Waals surface area contributed by atoms with Gasteiger partial charge in [-0.15, -0.1) is 0 Å². The number of rotatable bonds is 5. The number of nitrogens with zero attached hydrogens (tertiary/aromatic N) is 1. The van der Waals surface area contributed by atoms with Crippen LogP contribution in [0.25, 0.3) is 0 Å². The van der Waals surface area contributed by atoms with Gasteiger partial charge in [0.25, 0.3) is 0 Å². The Bertz CT molecular complexity index is 209. The molecule has 3 fully saturated rings. The fraction of sp³-hybridized carbons (Fsp3) is 1.00. The van der Waals surface area contributed by atoms with Crippen molar-refractivity contribution >= 4 is 0 Å². The number of likely N-dealkylation sites (N-methyl/N-ethyl adjacent to an activating group) is 1. The summed E-state index contributed by atoms with van der Waals surface area (Å²) < 4.78 is 0. The van der Waals surface area contributed by atoms with Gasteiger partial charge >= 0.3 is 0 Å². The van der Waals surface area contributed by atoms with E-state index in [1.807, 2.05) is 0 Å². The normalized spacial score (nSPS) is 32.8. The van der Waals surface area contributed by atoms with Crippen LogP contribution in [0.15, 0.2) is 0 Å². The van der Waals surface area contributed by atoms with Crippen LogP contribution in [0.3, 0.4) is 0 Å². The summed E-state index contributed by atoms with van der Waals surface area (Å²) in [5, 5.41) is 3.81. The summed E-state index contributed by atoms with van der Waals surface area (Å²) in [4.78, 5) is 2.45. The third-order valence-corrected chi connectivity index (χ3v) is 4.49. The Morgan fingerprint density at radius 2 is 1.80 bits per heavy atom. The van der Waals surface area contributed by atoms with E-state index in [-0.39, 0.29) is 0 Å². The average Bonchev–Trinajstić information content (AvgIpc) is 3.09. The minimum absolute atomic E-state index is 0.787. The SMILES string of the molecule is CN1CCC(NCC(C2CC2)C2CC2)C1. The van der Waals surface area contributed by atoms with E-state index < -0.39 is 0 Å². The van der Waals surface area contributed by atoms with Crippen molar-refractivity contribution < 1.29 is 0 Å². The van der Waals surface area contributed by atoms with Crippen LogP contribution in [0.2, 0.25) is 0 Å². The molecule has 1 heterocycles. The fourth-order valence-corrected chi connectivity index (χ4v) is 3.17. The van der Waals surface area contributed by atoms with Gasteiger partial charge in [0.2, 0.25) is 0 Å². The molecule has 0 amide bonds. The first-order chi connectivity index (χ1) is 7.33. The van der Waals surface area contributed by atoms with Crippen LogP contribution in [0.1, 0.15) is 32.1 Å². The lowest BCUT2D eigenvalue weighted by atomic mass is 9.97. The zero-order valence-electron chi connectivity index (χ0n) is 9.91. The highest BCUT2D eigenvalue weighted by Gasteiger charge is 2.41. The van der Waals surface area contributed by atoms with Crippen molar-refractivity contribution in [3.63, 3.8) is 0 Å². The third kappa shape index (κ3) is 2.54. The van der Waals surface area contributed by atoms with E-state index >= 15 is 0 Å². The van der Waals surface area contributed by atoms with Gasteiger partial charge in [-0.3, -0.25) is 0 Å².